The predicted octanol–water partition coefficient (Wildman–Crippen LogP) is 2.64. The van der Waals surface area contributed by atoms with Gasteiger partial charge in [-0.3, -0.25) is 14.3 Å². The van der Waals surface area contributed by atoms with Crippen LogP contribution in [0.1, 0.15) is 22.9 Å². The maximum Gasteiger partial charge on any atom is 0.280 e. The molecule has 0 aliphatic carbocycles. The molecule has 0 spiro atoms. The molecule has 0 radical (unpaired) electrons. The van der Waals surface area contributed by atoms with Gasteiger partial charge in [0, 0.05) is 20.6 Å². The van der Waals surface area contributed by atoms with Crippen molar-refractivity contribution in [1.82, 2.24) is 28.7 Å². The molecule has 2 fully saturated rings. The van der Waals surface area contributed by atoms with E-state index in [4.69, 9.17) is 18.9 Å². The lowest BCUT2D eigenvalue weighted by Gasteiger charge is -2.41. The molecule has 2 N–H and O–H groups in total. The van der Waals surface area contributed by atoms with E-state index in [0.717, 1.165) is 22.9 Å². The first-order chi connectivity index (χ1) is 24.9. The first kappa shape index (κ1) is 35.3. The standard InChI is InChI=1S/C36H39N7O8S/c1-41(2)21-38-34-39-31-28(32(45)40-34)37-22-42(31)33-29-30(44)35(51-33,19-43(29)52(5,46)47)20-50-36(23-9-7-6-8-10-23,24-11-15-26(48-3)16-12-24)25-13-17-27(49-4)18-14-25/h6-18,21-22,29-30,33,44H,19-20H2,1-5H3,(H,39,40,45)/b38-21-/t29-,30+,33-,35-/m1/s1. The number of morpholine rings is 1. The van der Waals surface area contributed by atoms with Crippen LogP contribution in [0, 0.1) is 0 Å². The van der Waals surface area contributed by atoms with E-state index in [1.807, 2.05) is 78.9 Å². The minimum atomic E-state index is -3.88. The molecule has 2 aliphatic rings. The Balaban J connectivity index is 1.35. The van der Waals surface area contributed by atoms with E-state index in [0.29, 0.717) is 11.5 Å². The highest BCUT2D eigenvalue weighted by Crippen LogP contribution is 2.50. The van der Waals surface area contributed by atoms with Crippen molar-refractivity contribution in [3.05, 3.63) is 112 Å². The number of nitrogens with one attached hydrogen (secondary N) is 1. The van der Waals surface area contributed by atoms with Gasteiger partial charge in [-0.1, -0.05) is 54.6 Å². The lowest BCUT2D eigenvalue weighted by atomic mass is 9.79. The van der Waals surface area contributed by atoms with Gasteiger partial charge in [-0.2, -0.15) is 9.29 Å². The number of H-pyrrole nitrogens is 1. The average Bonchev–Trinajstić information content (AvgIpc) is 3.79. The number of methoxy groups -OCH3 is 2. The van der Waals surface area contributed by atoms with E-state index in [-0.39, 0.29) is 30.3 Å². The summed E-state index contributed by atoms with van der Waals surface area (Å²) in [5, 5.41) is 12.1. The summed E-state index contributed by atoms with van der Waals surface area (Å²) in [6.45, 7) is -0.442. The topological polar surface area (TPSA) is 174 Å². The van der Waals surface area contributed by atoms with Gasteiger partial charge in [0.15, 0.2) is 17.4 Å². The third-order valence-electron chi connectivity index (χ3n) is 9.50. The number of sulfonamides is 1. The molecule has 15 nitrogen and oxygen atoms in total. The first-order valence-corrected chi connectivity index (χ1v) is 18.2. The monoisotopic (exact) mass is 729 g/mol. The molecule has 2 saturated heterocycles. The lowest BCUT2D eigenvalue weighted by Crippen LogP contribution is -2.51. The number of aliphatic hydroxyl groups is 1. The molecular weight excluding hydrogens is 691 g/mol. The van der Waals surface area contributed by atoms with Gasteiger partial charge < -0.3 is 29.0 Å². The van der Waals surface area contributed by atoms with Crippen LogP contribution in [0.4, 0.5) is 5.95 Å². The number of imidazole rings is 1. The van der Waals surface area contributed by atoms with E-state index in [1.165, 1.54) is 21.5 Å². The van der Waals surface area contributed by atoms with Crippen LogP contribution in [-0.4, -0.2) is 114 Å². The number of hydrogen-bond acceptors (Lipinski definition) is 11. The van der Waals surface area contributed by atoms with Crippen molar-refractivity contribution in [3.8, 4) is 11.5 Å². The first-order valence-electron chi connectivity index (χ1n) is 16.4. The van der Waals surface area contributed by atoms with Crippen molar-refractivity contribution in [2.45, 2.75) is 29.6 Å². The molecule has 0 saturated carbocycles. The number of benzene rings is 3. The summed E-state index contributed by atoms with van der Waals surface area (Å²) in [5.74, 6) is 1.31. The number of hydrogen-bond donors (Lipinski definition) is 2. The third kappa shape index (κ3) is 6.01. The summed E-state index contributed by atoms with van der Waals surface area (Å²) < 4.78 is 54.0. The fourth-order valence-electron chi connectivity index (χ4n) is 7.01. The summed E-state index contributed by atoms with van der Waals surface area (Å²) in [5.41, 5.74) is -0.996. The fourth-order valence-corrected chi connectivity index (χ4v) is 8.12. The molecule has 272 valence electrons. The molecule has 52 heavy (non-hydrogen) atoms. The van der Waals surface area contributed by atoms with Crippen LogP contribution in [0.2, 0.25) is 0 Å². The van der Waals surface area contributed by atoms with Crippen LogP contribution in [0.25, 0.3) is 11.2 Å². The van der Waals surface area contributed by atoms with Crippen LogP contribution >= 0.6 is 0 Å². The highest BCUT2D eigenvalue weighted by atomic mass is 32.2. The molecule has 4 atom stereocenters. The molecule has 16 heteroatoms. The molecule has 2 aliphatic heterocycles. The van der Waals surface area contributed by atoms with E-state index < -0.39 is 45.2 Å². The second-order valence-corrected chi connectivity index (χ2v) is 15.0. The molecule has 0 amide bonds. The fraction of sp³-hybridized carbons (Fsp3) is 0.333. The van der Waals surface area contributed by atoms with Gasteiger partial charge in [0.05, 0.1) is 45.8 Å². The summed E-state index contributed by atoms with van der Waals surface area (Å²) in [6.07, 6.45) is 1.43. The third-order valence-corrected chi connectivity index (χ3v) is 10.7. The molecule has 0 unspecified atom stereocenters. The Bertz CT molecular complexity index is 2210. The van der Waals surface area contributed by atoms with Crippen LogP contribution in [0.15, 0.2) is 95.0 Å². The van der Waals surface area contributed by atoms with Gasteiger partial charge >= 0.3 is 0 Å². The van der Waals surface area contributed by atoms with Crippen LogP contribution in [0.3, 0.4) is 0 Å². The SMILES string of the molecule is COc1ccc(C(OC[C@@]23CN(S(C)(=O)=O)[C@@H]([C@H](n4cnc5c(=O)[nH]c(/N=C\N(C)C)nc54)O2)[C@@H]3O)(c2ccccc2)c2ccc(OC)cc2)cc1. The second kappa shape index (κ2) is 13.4. The van der Waals surface area contributed by atoms with E-state index >= 15 is 0 Å². The van der Waals surface area contributed by atoms with Crippen LogP contribution < -0.4 is 15.0 Å². The Labute approximate surface area is 300 Å². The maximum absolute atomic E-state index is 13.3. The summed E-state index contributed by atoms with van der Waals surface area (Å²) in [7, 11) is 2.83. The Kier molecular flexibility index (Phi) is 9.12. The zero-order valence-electron chi connectivity index (χ0n) is 29.2. The number of fused-ring (bicyclic) bond motifs is 3. The summed E-state index contributed by atoms with van der Waals surface area (Å²) in [4.78, 5) is 30.2. The molecule has 7 rings (SSSR count). The lowest BCUT2D eigenvalue weighted by molar-refractivity contribution is -0.169. The Morgan fingerprint density at radius 3 is 2.17 bits per heavy atom. The molecule has 2 aromatic heterocycles. The number of aliphatic imine (C=N–C) groups is 1. The van der Waals surface area contributed by atoms with E-state index in [1.54, 1.807) is 33.2 Å². The maximum atomic E-state index is 13.3. The van der Waals surface area contributed by atoms with Crippen molar-refractivity contribution in [2.75, 3.05) is 47.7 Å². The number of aromatic nitrogens is 4. The van der Waals surface area contributed by atoms with Crippen molar-refractivity contribution in [1.29, 1.82) is 0 Å². The number of nitrogens with zero attached hydrogens (tertiary/aromatic N) is 6. The van der Waals surface area contributed by atoms with Crippen molar-refractivity contribution >= 4 is 33.5 Å². The quantitative estimate of drug-likeness (QED) is 0.110. The molecule has 3 aromatic carbocycles. The summed E-state index contributed by atoms with van der Waals surface area (Å²) >= 11 is 0. The highest BCUT2D eigenvalue weighted by molar-refractivity contribution is 7.88. The normalized spacial score (nSPS) is 22.0. The smallest absolute Gasteiger partial charge is 0.280 e. The Hall–Kier alpha value is -5.13. The second-order valence-electron chi connectivity index (χ2n) is 13.0. The summed E-state index contributed by atoms with van der Waals surface area (Å²) in [6, 6.07) is 23.5. The van der Waals surface area contributed by atoms with Crippen molar-refractivity contribution in [3.63, 3.8) is 0 Å². The van der Waals surface area contributed by atoms with E-state index in [9.17, 15) is 18.3 Å². The predicted molar refractivity (Wildman–Crippen MR) is 192 cm³/mol. The van der Waals surface area contributed by atoms with Gasteiger partial charge in [-0.05, 0) is 41.0 Å². The Morgan fingerprint density at radius 2 is 1.62 bits per heavy atom. The number of aliphatic hydroxyl groups excluding tert-OH is 1. The minimum absolute atomic E-state index is 0.00276. The largest absolute Gasteiger partial charge is 0.497 e. The van der Waals surface area contributed by atoms with Gasteiger partial charge in [0.25, 0.3) is 5.56 Å². The number of aromatic amines is 1. The molecule has 2 bridgehead atoms. The minimum Gasteiger partial charge on any atom is -0.497 e. The molecule has 5 aromatic rings. The zero-order chi connectivity index (χ0) is 36.8. The van der Waals surface area contributed by atoms with Crippen molar-refractivity contribution < 1.29 is 32.5 Å². The van der Waals surface area contributed by atoms with Crippen molar-refractivity contribution in [2.24, 2.45) is 4.99 Å². The number of rotatable bonds is 12. The van der Waals surface area contributed by atoms with E-state index in [2.05, 4.69) is 19.9 Å². The van der Waals surface area contributed by atoms with Gasteiger partial charge in [-0.15, -0.1) is 0 Å². The van der Waals surface area contributed by atoms with Gasteiger partial charge in [-0.25, -0.2) is 18.4 Å². The average molecular weight is 730 g/mol. The Morgan fingerprint density at radius 1 is 1.02 bits per heavy atom. The highest BCUT2D eigenvalue weighted by Gasteiger charge is 2.67. The number of ether oxygens (including phenoxy) is 4. The van der Waals surface area contributed by atoms with Gasteiger partial charge in [0.2, 0.25) is 16.0 Å². The van der Waals surface area contributed by atoms with Gasteiger partial charge in [0.1, 0.15) is 28.8 Å². The zero-order valence-corrected chi connectivity index (χ0v) is 30.0. The molecular formula is C36H39N7O8S. The van der Waals surface area contributed by atoms with Crippen LogP contribution in [-0.2, 0) is 25.1 Å². The van der Waals surface area contributed by atoms with Crippen LogP contribution in [0.5, 0.6) is 11.5 Å². The molecule has 4 heterocycles.